The van der Waals surface area contributed by atoms with Gasteiger partial charge >= 0.3 is 6.61 Å². The van der Waals surface area contributed by atoms with Gasteiger partial charge in [0.1, 0.15) is 5.75 Å². The van der Waals surface area contributed by atoms with Crippen LogP contribution in [0.4, 0.5) is 8.78 Å². The van der Waals surface area contributed by atoms with Gasteiger partial charge in [0.05, 0.1) is 17.2 Å². The van der Waals surface area contributed by atoms with Crippen LogP contribution in [0.3, 0.4) is 0 Å². The lowest BCUT2D eigenvalue weighted by molar-refractivity contribution is -0.0501. The van der Waals surface area contributed by atoms with Crippen molar-refractivity contribution < 1.29 is 18.3 Å². The fourth-order valence-corrected chi connectivity index (χ4v) is 1.27. The van der Waals surface area contributed by atoms with Crippen LogP contribution >= 0.6 is 0 Å². The Bertz CT molecular complexity index is 464. The first-order valence-corrected chi connectivity index (χ1v) is 4.46. The van der Waals surface area contributed by atoms with Crippen molar-refractivity contribution in [3.8, 4) is 11.8 Å². The van der Waals surface area contributed by atoms with E-state index in [2.05, 4.69) is 4.74 Å². The number of alkyl halides is 2. The molecule has 0 unspecified atom stereocenters. The van der Waals surface area contributed by atoms with Gasteiger partial charge in [-0.15, -0.1) is 0 Å². The number of Topliss-reactive ketones (excluding diaryl/α,β-unsaturated/α-hetero) is 1. The minimum absolute atomic E-state index is 0.0116. The second-order valence-electron chi connectivity index (χ2n) is 3.21. The third kappa shape index (κ3) is 2.54. The molecule has 0 bridgehead atoms. The number of ketones is 1. The van der Waals surface area contributed by atoms with E-state index in [4.69, 9.17) is 5.26 Å². The average Bonchev–Trinajstić information content (AvgIpc) is 2.16. The monoisotopic (exact) mass is 225 g/mol. The minimum Gasteiger partial charge on any atom is -0.434 e. The number of rotatable bonds is 3. The highest BCUT2D eigenvalue weighted by molar-refractivity contribution is 5.97. The summed E-state index contributed by atoms with van der Waals surface area (Å²) in [6, 6.07) is 4.40. The molecule has 0 aliphatic carbocycles. The van der Waals surface area contributed by atoms with Crippen molar-refractivity contribution in [3.05, 3.63) is 28.8 Å². The topological polar surface area (TPSA) is 50.1 Å². The fraction of sp³-hybridized carbons (Fsp3) is 0.273. The molecule has 0 aliphatic rings. The van der Waals surface area contributed by atoms with Crippen LogP contribution in [0.1, 0.15) is 28.4 Å². The van der Waals surface area contributed by atoms with Crippen LogP contribution in [-0.4, -0.2) is 12.4 Å². The molecule has 0 heterocycles. The molecule has 16 heavy (non-hydrogen) atoms. The van der Waals surface area contributed by atoms with Gasteiger partial charge in [0, 0.05) is 0 Å². The first kappa shape index (κ1) is 12.1. The van der Waals surface area contributed by atoms with E-state index in [1.54, 1.807) is 6.92 Å². The largest absolute Gasteiger partial charge is 0.434 e. The van der Waals surface area contributed by atoms with E-state index in [0.29, 0.717) is 5.56 Å². The van der Waals surface area contributed by atoms with E-state index in [-0.39, 0.29) is 16.9 Å². The zero-order valence-electron chi connectivity index (χ0n) is 8.75. The number of nitriles is 1. The van der Waals surface area contributed by atoms with Crippen LogP contribution in [0.2, 0.25) is 0 Å². The number of hydrogen-bond acceptors (Lipinski definition) is 3. The zero-order valence-corrected chi connectivity index (χ0v) is 8.75. The molecular formula is C11H9F2NO2. The molecule has 0 amide bonds. The van der Waals surface area contributed by atoms with Crippen LogP contribution in [-0.2, 0) is 0 Å². The van der Waals surface area contributed by atoms with Crippen molar-refractivity contribution in [1.82, 2.24) is 0 Å². The molecule has 0 radical (unpaired) electrons. The first-order chi connectivity index (χ1) is 7.45. The van der Waals surface area contributed by atoms with Crippen LogP contribution in [0.5, 0.6) is 5.75 Å². The van der Waals surface area contributed by atoms with Crippen molar-refractivity contribution >= 4 is 5.78 Å². The van der Waals surface area contributed by atoms with Crippen molar-refractivity contribution in [2.24, 2.45) is 0 Å². The summed E-state index contributed by atoms with van der Waals surface area (Å²) in [7, 11) is 0. The standard InChI is InChI=1S/C11H9F2NO2/c1-6-3-10(16-11(12)13)9(7(2)15)4-8(6)5-14/h3-4,11H,1-2H3. The van der Waals surface area contributed by atoms with Gasteiger partial charge in [-0.25, -0.2) is 0 Å². The molecule has 0 aliphatic heterocycles. The van der Waals surface area contributed by atoms with Gasteiger partial charge in [0.2, 0.25) is 0 Å². The predicted molar refractivity (Wildman–Crippen MR) is 52.5 cm³/mol. The lowest BCUT2D eigenvalue weighted by Gasteiger charge is -2.10. The molecule has 0 N–H and O–H groups in total. The van der Waals surface area contributed by atoms with Crippen LogP contribution in [0.25, 0.3) is 0 Å². The summed E-state index contributed by atoms with van der Waals surface area (Å²) in [6.45, 7) is -0.185. The van der Waals surface area contributed by atoms with E-state index < -0.39 is 12.4 Å². The number of carbonyl (C=O) groups is 1. The quantitative estimate of drug-likeness (QED) is 0.743. The van der Waals surface area contributed by atoms with Gasteiger partial charge in [-0.1, -0.05) is 0 Å². The first-order valence-electron chi connectivity index (χ1n) is 4.46. The molecule has 1 aromatic carbocycles. The highest BCUT2D eigenvalue weighted by Gasteiger charge is 2.15. The van der Waals surface area contributed by atoms with Gasteiger partial charge < -0.3 is 4.74 Å². The Labute approximate surface area is 91.3 Å². The minimum atomic E-state index is -2.99. The highest BCUT2D eigenvalue weighted by atomic mass is 19.3. The molecule has 0 saturated carbocycles. The summed E-state index contributed by atoms with van der Waals surface area (Å²) < 4.78 is 28.4. The Hall–Kier alpha value is -1.96. The lowest BCUT2D eigenvalue weighted by Crippen LogP contribution is -2.07. The van der Waals surface area contributed by atoms with Gasteiger partial charge in [-0.3, -0.25) is 4.79 Å². The van der Waals surface area contributed by atoms with Gasteiger partial charge in [-0.05, 0) is 31.5 Å². The molecule has 0 aromatic heterocycles. The summed E-state index contributed by atoms with van der Waals surface area (Å²) in [4.78, 5) is 11.2. The molecule has 0 fully saturated rings. The summed E-state index contributed by atoms with van der Waals surface area (Å²) in [5, 5.41) is 8.75. The summed E-state index contributed by atoms with van der Waals surface area (Å²) in [5.41, 5.74) is 0.748. The molecule has 0 atom stereocenters. The molecule has 0 saturated heterocycles. The summed E-state index contributed by atoms with van der Waals surface area (Å²) >= 11 is 0. The predicted octanol–water partition coefficient (Wildman–Crippen LogP) is 2.67. The molecule has 1 aromatic rings. The van der Waals surface area contributed by atoms with Crippen LogP contribution in [0, 0.1) is 18.3 Å². The van der Waals surface area contributed by atoms with Crippen molar-refractivity contribution in [3.63, 3.8) is 0 Å². The number of benzene rings is 1. The van der Waals surface area contributed by atoms with E-state index in [1.807, 2.05) is 6.07 Å². The maximum Gasteiger partial charge on any atom is 0.387 e. The Balaban J connectivity index is 3.31. The lowest BCUT2D eigenvalue weighted by atomic mass is 10.0. The number of nitrogens with zero attached hydrogens (tertiary/aromatic N) is 1. The molecular weight excluding hydrogens is 216 g/mol. The normalized spacial score (nSPS) is 10.0. The number of carbonyl (C=O) groups excluding carboxylic acids is 1. The highest BCUT2D eigenvalue weighted by Crippen LogP contribution is 2.25. The Morgan fingerprint density at radius 3 is 2.56 bits per heavy atom. The SMILES string of the molecule is CC(=O)c1cc(C#N)c(C)cc1OC(F)F. The summed E-state index contributed by atoms with van der Waals surface area (Å²) in [6.07, 6.45) is 0. The van der Waals surface area contributed by atoms with E-state index in [9.17, 15) is 13.6 Å². The Morgan fingerprint density at radius 2 is 2.12 bits per heavy atom. The van der Waals surface area contributed by atoms with Crippen molar-refractivity contribution in [1.29, 1.82) is 5.26 Å². The van der Waals surface area contributed by atoms with E-state index in [0.717, 1.165) is 0 Å². The van der Waals surface area contributed by atoms with Crippen molar-refractivity contribution in [2.45, 2.75) is 20.5 Å². The fourth-order valence-electron chi connectivity index (χ4n) is 1.27. The molecule has 3 nitrogen and oxygen atoms in total. The van der Waals surface area contributed by atoms with Gasteiger partial charge in [0.15, 0.2) is 5.78 Å². The van der Waals surface area contributed by atoms with Crippen LogP contribution in [0.15, 0.2) is 12.1 Å². The molecule has 84 valence electrons. The van der Waals surface area contributed by atoms with E-state index in [1.165, 1.54) is 19.1 Å². The van der Waals surface area contributed by atoms with Crippen molar-refractivity contribution in [2.75, 3.05) is 0 Å². The molecule has 5 heteroatoms. The van der Waals surface area contributed by atoms with Gasteiger partial charge in [0.25, 0.3) is 0 Å². The number of aryl methyl sites for hydroxylation is 1. The number of halogens is 2. The molecule has 0 spiro atoms. The third-order valence-electron chi connectivity index (χ3n) is 2.04. The second-order valence-corrected chi connectivity index (χ2v) is 3.21. The number of ether oxygens (including phenoxy) is 1. The zero-order chi connectivity index (χ0) is 12.3. The molecule has 1 rings (SSSR count). The average molecular weight is 225 g/mol. The third-order valence-corrected chi connectivity index (χ3v) is 2.04. The Kier molecular flexibility index (Phi) is 3.56. The Morgan fingerprint density at radius 1 is 1.50 bits per heavy atom. The summed E-state index contributed by atoms with van der Waals surface area (Å²) in [5.74, 6) is -0.619. The maximum atomic E-state index is 12.1. The number of hydrogen-bond donors (Lipinski definition) is 0. The second kappa shape index (κ2) is 4.71. The maximum absolute atomic E-state index is 12.1. The van der Waals surface area contributed by atoms with Gasteiger partial charge in [-0.2, -0.15) is 14.0 Å². The smallest absolute Gasteiger partial charge is 0.387 e. The van der Waals surface area contributed by atoms with Crippen LogP contribution < -0.4 is 4.74 Å². The van der Waals surface area contributed by atoms with E-state index >= 15 is 0 Å².